The first-order valence-electron chi connectivity index (χ1n) is 6.83. The fourth-order valence-electron chi connectivity index (χ4n) is 2.17. The van der Waals surface area contributed by atoms with E-state index in [9.17, 15) is 4.79 Å². The van der Waals surface area contributed by atoms with Gasteiger partial charge in [0.25, 0.3) is 5.91 Å². The molecule has 2 N–H and O–H groups in total. The van der Waals surface area contributed by atoms with E-state index in [4.69, 9.17) is 0 Å². The minimum atomic E-state index is -0.0158. The summed E-state index contributed by atoms with van der Waals surface area (Å²) in [6, 6.07) is 11.7. The van der Waals surface area contributed by atoms with Crippen molar-refractivity contribution in [3.05, 3.63) is 59.4 Å². The van der Waals surface area contributed by atoms with E-state index in [1.54, 1.807) is 0 Å². The van der Waals surface area contributed by atoms with Crippen LogP contribution >= 0.6 is 0 Å². The molecule has 0 unspecified atom stereocenters. The van der Waals surface area contributed by atoms with Crippen molar-refractivity contribution in [3.63, 3.8) is 0 Å². The van der Waals surface area contributed by atoms with E-state index < -0.39 is 0 Å². The van der Waals surface area contributed by atoms with Gasteiger partial charge in [-0.15, -0.1) is 0 Å². The first-order chi connectivity index (χ1) is 9.72. The summed E-state index contributed by atoms with van der Waals surface area (Å²) in [6.07, 6.45) is 2.83. The fraction of sp³-hybridized carbons (Fsp3) is 0.312. The zero-order valence-electron chi connectivity index (χ0n) is 12.0. The highest BCUT2D eigenvalue weighted by atomic mass is 16.1. The molecule has 2 rings (SSSR count). The SMILES string of the molecule is CNCCc1ccccc1C(=O)NCc1cccn1C. The first-order valence-corrected chi connectivity index (χ1v) is 6.83. The van der Waals surface area contributed by atoms with Crippen LogP contribution in [0.4, 0.5) is 0 Å². The van der Waals surface area contributed by atoms with E-state index in [-0.39, 0.29) is 5.91 Å². The number of nitrogens with zero attached hydrogens (tertiary/aromatic N) is 1. The molecule has 106 valence electrons. The van der Waals surface area contributed by atoms with Crippen LogP contribution in [0.2, 0.25) is 0 Å². The van der Waals surface area contributed by atoms with Crippen LogP contribution in [0.1, 0.15) is 21.6 Å². The predicted octanol–water partition coefficient (Wildman–Crippen LogP) is 1.72. The standard InChI is InChI=1S/C16H21N3O/c1-17-10-9-13-6-3-4-8-15(13)16(20)18-12-14-7-5-11-19(14)2/h3-8,11,17H,9-10,12H2,1-2H3,(H,18,20). The lowest BCUT2D eigenvalue weighted by atomic mass is 10.0. The van der Waals surface area contributed by atoms with Crippen molar-refractivity contribution in [3.8, 4) is 0 Å². The molecule has 0 spiro atoms. The van der Waals surface area contributed by atoms with Crippen LogP contribution in [-0.4, -0.2) is 24.1 Å². The summed E-state index contributed by atoms with van der Waals surface area (Å²) < 4.78 is 2.01. The Morgan fingerprint density at radius 1 is 1.20 bits per heavy atom. The molecule has 0 saturated carbocycles. The smallest absolute Gasteiger partial charge is 0.251 e. The van der Waals surface area contributed by atoms with Crippen LogP contribution in [-0.2, 0) is 20.0 Å². The number of benzene rings is 1. The lowest BCUT2D eigenvalue weighted by Crippen LogP contribution is -2.25. The van der Waals surface area contributed by atoms with Crippen molar-refractivity contribution in [2.24, 2.45) is 7.05 Å². The van der Waals surface area contributed by atoms with Gasteiger partial charge in [0.2, 0.25) is 0 Å². The number of aryl methyl sites for hydroxylation is 1. The highest BCUT2D eigenvalue weighted by Crippen LogP contribution is 2.10. The molecule has 20 heavy (non-hydrogen) atoms. The minimum absolute atomic E-state index is 0.0158. The molecule has 1 aromatic carbocycles. The van der Waals surface area contributed by atoms with Crippen LogP contribution in [0.3, 0.4) is 0 Å². The molecule has 0 saturated heterocycles. The van der Waals surface area contributed by atoms with Gasteiger partial charge < -0.3 is 15.2 Å². The lowest BCUT2D eigenvalue weighted by Gasteiger charge is -2.10. The van der Waals surface area contributed by atoms with Gasteiger partial charge in [-0.05, 0) is 43.8 Å². The number of carbonyl (C=O) groups excluding carboxylic acids is 1. The lowest BCUT2D eigenvalue weighted by molar-refractivity contribution is 0.0949. The second kappa shape index (κ2) is 6.91. The summed E-state index contributed by atoms with van der Waals surface area (Å²) in [7, 11) is 3.89. The van der Waals surface area contributed by atoms with E-state index in [0.29, 0.717) is 6.54 Å². The predicted molar refractivity (Wildman–Crippen MR) is 80.7 cm³/mol. The number of aromatic nitrogens is 1. The Kier molecular flexibility index (Phi) is 4.96. The molecule has 4 nitrogen and oxygen atoms in total. The van der Waals surface area contributed by atoms with Crippen molar-refractivity contribution in [1.82, 2.24) is 15.2 Å². The largest absolute Gasteiger partial charge is 0.353 e. The molecule has 0 atom stereocenters. The van der Waals surface area contributed by atoms with E-state index in [0.717, 1.165) is 29.8 Å². The van der Waals surface area contributed by atoms with Crippen molar-refractivity contribution >= 4 is 5.91 Å². The molecule has 0 radical (unpaired) electrons. The maximum absolute atomic E-state index is 12.3. The second-order valence-electron chi connectivity index (χ2n) is 4.80. The third-order valence-corrected chi connectivity index (χ3v) is 3.39. The van der Waals surface area contributed by atoms with Gasteiger partial charge in [0.15, 0.2) is 0 Å². The Balaban J connectivity index is 2.03. The Hall–Kier alpha value is -2.07. The number of hydrogen-bond donors (Lipinski definition) is 2. The number of carbonyl (C=O) groups is 1. The fourth-order valence-corrected chi connectivity index (χ4v) is 2.17. The number of nitrogens with one attached hydrogen (secondary N) is 2. The van der Waals surface area contributed by atoms with Crippen molar-refractivity contribution in [2.45, 2.75) is 13.0 Å². The first kappa shape index (κ1) is 14.3. The number of amides is 1. The maximum atomic E-state index is 12.3. The third kappa shape index (κ3) is 3.48. The molecule has 0 bridgehead atoms. The molecule has 0 aliphatic heterocycles. The summed E-state index contributed by atoms with van der Waals surface area (Å²) in [5.74, 6) is -0.0158. The Morgan fingerprint density at radius 3 is 2.70 bits per heavy atom. The summed E-state index contributed by atoms with van der Waals surface area (Å²) in [5, 5.41) is 6.09. The van der Waals surface area contributed by atoms with Gasteiger partial charge in [-0.25, -0.2) is 0 Å². The van der Waals surface area contributed by atoms with E-state index in [1.807, 2.05) is 61.3 Å². The van der Waals surface area contributed by atoms with Crippen LogP contribution < -0.4 is 10.6 Å². The Labute approximate surface area is 119 Å². The van der Waals surface area contributed by atoms with Crippen molar-refractivity contribution in [2.75, 3.05) is 13.6 Å². The van der Waals surface area contributed by atoms with Crippen molar-refractivity contribution < 1.29 is 4.79 Å². The van der Waals surface area contributed by atoms with Gasteiger partial charge in [0.05, 0.1) is 6.54 Å². The molecule has 0 aliphatic carbocycles. The van der Waals surface area contributed by atoms with Gasteiger partial charge >= 0.3 is 0 Å². The van der Waals surface area contributed by atoms with E-state index in [2.05, 4.69) is 10.6 Å². The molecule has 0 aliphatic rings. The number of likely N-dealkylation sites (N-methyl/N-ethyl adjacent to an activating group) is 1. The van der Waals surface area contributed by atoms with E-state index >= 15 is 0 Å². The quantitative estimate of drug-likeness (QED) is 0.840. The zero-order chi connectivity index (χ0) is 14.4. The zero-order valence-corrected chi connectivity index (χ0v) is 12.0. The number of rotatable bonds is 6. The normalized spacial score (nSPS) is 10.5. The molecule has 1 heterocycles. The van der Waals surface area contributed by atoms with Crippen LogP contribution in [0.15, 0.2) is 42.6 Å². The Morgan fingerprint density at radius 2 is 2.00 bits per heavy atom. The maximum Gasteiger partial charge on any atom is 0.251 e. The topological polar surface area (TPSA) is 46.1 Å². The van der Waals surface area contributed by atoms with E-state index in [1.165, 1.54) is 0 Å². The molecular weight excluding hydrogens is 250 g/mol. The number of hydrogen-bond acceptors (Lipinski definition) is 2. The second-order valence-corrected chi connectivity index (χ2v) is 4.80. The summed E-state index contributed by atoms with van der Waals surface area (Å²) >= 11 is 0. The highest BCUT2D eigenvalue weighted by molar-refractivity contribution is 5.95. The highest BCUT2D eigenvalue weighted by Gasteiger charge is 2.10. The average molecular weight is 271 g/mol. The van der Waals surface area contributed by atoms with Gasteiger partial charge in [-0.3, -0.25) is 4.79 Å². The monoisotopic (exact) mass is 271 g/mol. The van der Waals surface area contributed by atoms with Crippen LogP contribution in [0, 0.1) is 0 Å². The molecular formula is C16H21N3O. The Bertz CT molecular complexity index is 575. The molecule has 0 fully saturated rings. The van der Waals surface area contributed by atoms with Crippen molar-refractivity contribution in [1.29, 1.82) is 0 Å². The summed E-state index contributed by atoms with van der Waals surface area (Å²) in [4.78, 5) is 12.3. The summed E-state index contributed by atoms with van der Waals surface area (Å²) in [5.41, 5.74) is 2.93. The van der Waals surface area contributed by atoms with Crippen LogP contribution in [0.25, 0.3) is 0 Å². The van der Waals surface area contributed by atoms with Crippen LogP contribution in [0.5, 0.6) is 0 Å². The minimum Gasteiger partial charge on any atom is -0.353 e. The molecule has 1 aromatic heterocycles. The average Bonchev–Trinajstić information content (AvgIpc) is 2.88. The molecule has 2 aromatic rings. The van der Waals surface area contributed by atoms with Gasteiger partial charge in [0, 0.05) is 24.5 Å². The van der Waals surface area contributed by atoms with Gasteiger partial charge in [-0.1, -0.05) is 18.2 Å². The summed E-state index contributed by atoms with van der Waals surface area (Å²) in [6.45, 7) is 1.41. The molecule has 4 heteroatoms. The third-order valence-electron chi connectivity index (χ3n) is 3.39. The molecule has 1 amide bonds. The van der Waals surface area contributed by atoms with Gasteiger partial charge in [-0.2, -0.15) is 0 Å². The van der Waals surface area contributed by atoms with Gasteiger partial charge in [0.1, 0.15) is 0 Å².